The van der Waals surface area contributed by atoms with Crippen molar-refractivity contribution in [2.45, 2.75) is 32.5 Å². The van der Waals surface area contributed by atoms with Gasteiger partial charge < -0.3 is 14.6 Å². The smallest absolute Gasteiger partial charge is 0.221 e. The second kappa shape index (κ2) is 9.62. The molecule has 0 unspecified atom stereocenters. The maximum Gasteiger partial charge on any atom is 0.221 e. The minimum absolute atomic E-state index is 0.0233. The Morgan fingerprint density at radius 1 is 1.14 bits per heavy atom. The Labute approximate surface area is 169 Å². The van der Waals surface area contributed by atoms with Gasteiger partial charge in [0.05, 0.1) is 26.3 Å². The van der Waals surface area contributed by atoms with Crippen LogP contribution in [-0.4, -0.2) is 68.4 Å². The zero-order chi connectivity index (χ0) is 19.9. The fraction of sp³-hybridized carbons (Fsp3) is 0.500. The van der Waals surface area contributed by atoms with E-state index in [1.54, 1.807) is 4.68 Å². The van der Waals surface area contributed by atoms with E-state index in [2.05, 4.69) is 54.7 Å². The van der Waals surface area contributed by atoms with Crippen molar-refractivity contribution in [1.82, 2.24) is 35.0 Å². The molecule has 1 amide bonds. The highest BCUT2D eigenvalue weighted by molar-refractivity contribution is 5.79. The average molecular weight is 397 g/mol. The Bertz CT molecular complexity index is 930. The number of carbonyl (C=O) groups excluding carboxylic acids is 1. The third-order valence-corrected chi connectivity index (χ3v) is 5.20. The highest BCUT2D eigenvalue weighted by Crippen LogP contribution is 2.15. The second-order valence-corrected chi connectivity index (χ2v) is 7.23. The van der Waals surface area contributed by atoms with E-state index in [1.165, 1.54) is 10.9 Å². The summed E-state index contributed by atoms with van der Waals surface area (Å²) >= 11 is 0. The lowest BCUT2D eigenvalue weighted by Gasteiger charge is -2.25. The Hall–Kier alpha value is -2.78. The standard InChI is InChI=1S/C20H27N7O2/c28-20(21-8-3-9-26-10-6-17-4-1-2-5-18(17)26)7-11-27-19(22-23-24-27)16-25-12-14-29-15-13-25/h1-2,4-6,10H,3,7-9,11-16H2,(H,21,28). The molecule has 1 aromatic carbocycles. The van der Waals surface area contributed by atoms with Crippen LogP contribution in [0.4, 0.5) is 0 Å². The number of nitrogens with one attached hydrogen (secondary N) is 1. The number of carbonyl (C=O) groups is 1. The number of benzene rings is 1. The molecule has 29 heavy (non-hydrogen) atoms. The number of para-hydroxylation sites is 1. The van der Waals surface area contributed by atoms with Crippen LogP contribution in [0.5, 0.6) is 0 Å². The van der Waals surface area contributed by atoms with Gasteiger partial charge in [-0.05, 0) is 34.4 Å². The lowest BCUT2D eigenvalue weighted by molar-refractivity contribution is -0.121. The van der Waals surface area contributed by atoms with Gasteiger partial charge in [-0.1, -0.05) is 18.2 Å². The summed E-state index contributed by atoms with van der Waals surface area (Å²) in [6, 6.07) is 10.4. The summed E-state index contributed by atoms with van der Waals surface area (Å²) in [4.78, 5) is 14.4. The van der Waals surface area contributed by atoms with Gasteiger partial charge in [0.2, 0.25) is 5.91 Å². The molecule has 1 aliphatic heterocycles. The maximum atomic E-state index is 12.2. The summed E-state index contributed by atoms with van der Waals surface area (Å²) < 4.78 is 9.31. The number of hydrogen-bond donors (Lipinski definition) is 1. The fourth-order valence-corrected chi connectivity index (χ4v) is 3.58. The Kier molecular flexibility index (Phi) is 6.48. The van der Waals surface area contributed by atoms with Crippen LogP contribution in [0.1, 0.15) is 18.7 Å². The van der Waals surface area contributed by atoms with E-state index in [0.717, 1.165) is 45.1 Å². The van der Waals surface area contributed by atoms with E-state index in [4.69, 9.17) is 4.74 Å². The van der Waals surface area contributed by atoms with Crippen molar-refractivity contribution >= 4 is 16.8 Å². The topological polar surface area (TPSA) is 90.1 Å². The van der Waals surface area contributed by atoms with Crippen molar-refractivity contribution in [3.8, 4) is 0 Å². The first-order valence-electron chi connectivity index (χ1n) is 10.2. The number of fused-ring (bicyclic) bond motifs is 1. The largest absolute Gasteiger partial charge is 0.379 e. The highest BCUT2D eigenvalue weighted by Gasteiger charge is 2.15. The second-order valence-electron chi connectivity index (χ2n) is 7.23. The van der Waals surface area contributed by atoms with Gasteiger partial charge in [-0.3, -0.25) is 9.69 Å². The molecule has 1 fully saturated rings. The van der Waals surface area contributed by atoms with Gasteiger partial charge in [-0.25, -0.2) is 4.68 Å². The zero-order valence-electron chi connectivity index (χ0n) is 16.5. The molecule has 0 saturated carbocycles. The summed E-state index contributed by atoms with van der Waals surface area (Å²) in [6.45, 7) is 5.94. The predicted molar refractivity (Wildman–Crippen MR) is 108 cm³/mol. The first-order valence-corrected chi connectivity index (χ1v) is 10.2. The molecular formula is C20H27N7O2. The predicted octanol–water partition coefficient (Wildman–Crippen LogP) is 1.06. The van der Waals surface area contributed by atoms with Crippen LogP contribution in [0.25, 0.3) is 10.9 Å². The minimum atomic E-state index is 0.0233. The van der Waals surface area contributed by atoms with Gasteiger partial charge >= 0.3 is 0 Å². The Balaban J connectivity index is 1.17. The Morgan fingerprint density at radius 3 is 2.90 bits per heavy atom. The van der Waals surface area contributed by atoms with Crippen molar-refractivity contribution in [2.24, 2.45) is 0 Å². The van der Waals surface area contributed by atoms with Gasteiger partial charge in [0.25, 0.3) is 0 Å². The van der Waals surface area contributed by atoms with Gasteiger partial charge in [0, 0.05) is 44.3 Å². The summed E-state index contributed by atoms with van der Waals surface area (Å²) in [5.74, 6) is 0.814. The van der Waals surface area contributed by atoms with Crippen LogP contribution < -0.4 is 5.32 Å². The van der Waals surface area contributed by atoms with Gasteiger partial charge in [-0.15, -0.1) is 5.10 Å². The normalized spacial score (nSPS) is 15.0. The molecule has 3 aromatic rings. The SMILES string of the molecule is O=C(CCn1nnnc1CN1CCOCC1)NCCCn1ccc2ccccc21. The molecule has 3 heterocycles. The van der Waals surface area contributed by atoms with E-state index < -0.39 is 0 Å². The third kappa shape index (κ3) is 5.18. The van der Waals surface area contributed by atoms with Gasteiger partial charge in [0.1, 0.15) is 0 Å². The quantitative estimate of drug-likeness (QED) is 0.543. The van der Waals surface area contributed by atoms with E-state index in [9.17, 15) is 4.79 Å². The van der Waals surface area contributed by atoms with E-state index in [-0.39, 0.29) is 5.91 Å². The van der Waals surface area contributed by atoms with Crippen LogP contribution in [0, 0.1) is 0 Å². The average Bonchev–Trinajstić information content (AvgIpc) is 3.37. The van der Waals surface area contributed by atoms with Crippen LogP contribution in [0.3, 0.4) is 0 Å². The molecule has 0 radical (unpaired) electrons. The number of nitrogens with zero attached hydrogens (tertiary/aromatic N) is 6. The first-order chi connectivity index (χ1) is 14.3. The van der Waals surface area contributed by atoms with E-state index in [0.29, 0.717) is 26.1 Å². The third-order valence-electron chi connectivity index (χ3n) is 5.20. The summed E-state index contributed by atoms with van der Waals surface area (Å²) in [7, 11) is 0. The molecule has 0 atom stereocenters. The van der Waals surface area contributed by atoms with Crippen LogP contribution in [-0.2, 0) is 29.2 Å². The molecule has 1 saturated heterocycles. The van der Waals surface area contributed by atoms with Crippen LogP contribution in [0.2, 0.25) is 0 Å². The van der Waals surface area contributed by atoms with Crippen molar-refractivity contribution in [3.05, 3.63) is 42.4 Å². The van der Waals surface area contributed by atoms with Crippen molar-refractivity contribution < 1.29 is 9.53 Å². The number of morpholine rings is 1. The summed E-state index contributed by atoms with van der Waals surface area (Å²) in [5, 5.41) is 16.1. The van der Waals surface area contributed by atoms with Gasteiger partial charge in [0.15, 0.2) is 5.82 Å². The van der Waals surface area contributed by atoms with Crippen LogP contribution in [0.15, 0.2) is 36.5 Å². The van der Waals surface area contributed by atoms with Crippen molar-refractivity contribution in [1.29, 1.82) is 0 Å². The number of aromatic nitrogens is 5. The molecule has 4 rings (SSSR count). The number of amides is 1. The molecule has 0 aliphatic carbocycles. The molecule has 0 spiro atoms. The lowest BCUT2D eigenvalue weighted by atomic mass is 10.2. The Morgan fingerprint density at radius 2 is 2.00 bits per heavy atom. The molecule has 0 bridgehead atoms. The van der Waals surface area contributed by atoms with E-state index >= 15 is 0 Å². The molecule has 154 valence electrons. The first kappa shape index (κ1) is 19.5. The molecule has 9 heteroatoms. The lowest BCUT2D eigenvalue weighted by Crippen LogP contribution is -2.36. The summed E-state index contributed by atoms with van der Waals surface area (Å²) in [6.07, 6.45) is 3.35. The molecule has 1 N–H and O–H groups in total. The molecule has 1 aliphatic rings. The minimum Gasteiger partial charge on any atom is -0.379 e. The van der Waals surface area contributed by atoms with Crippen molar-refractivity contribution in [3.63, 3.8) is 0 Å². The van der Waals surface area contributed by atoms with Crippen LogP contribution >= 0.6 is 0 Å². The van der Waals surface area contributed by atoms with Gasteiger partial charge in [-0.2, -0.15) is 0 Å². The molecular weight excluding hydrogens is 370 g/mol. The number of ether oxygens (including phenoxy) is 1. The maximum absolute atomic E-state index is 12.2. The summed E-state index contributed by atoms with van der Waals surface area (Å²) in [5.41, 5.74) is 1.23. The molecule has 2 aromatic heterocycles. The number of tetrazole rings is 1. The van der Waals surface area contributed by atoms with Crippen molar-refractivity contribution in [2.75, 3.05) is 32.8 Å². The monoisotopic (exact) mass is 397 g/mol. The number of hydrogen-bond acceptors (Lipinski definition) is 6. The molecule has 9 nitrogen and oxygen atoms in total. The number of rotatable bonds is 9. The zero-order valence-corrected chi connectivity index (χ0v) is 16.5. The van der Waals surface area contributed by atoms with E-state index in [1.807, 2.05) is 12.1 Å². The fourth-order valence-electron chi connectivity index (χ4n) is 3.58. The highest BCUT2D eigenvalue weighted by atomic mass is 16.5. The number of aryl methyl sites for hydroxylation is 2.